The fourth-order valence-electron chi connectivity index (χ4n) is 3.12. The van der Waals surface area contributed by atoms with Gasteiger partial charge in [0.1, 0.15) is 22.2 Å². The molecule has 0 bridgehead atoms. The lowest BCUT2D eigenvalue weighted by atomic mass is 10.2. The number of halogens is 2. The zero-order chi connectivity index (χ0) is 23.5. The number of esters is 1. The third-order valence-corrected chi connectivity index (χ3v) is 5.43. The summed E-state index contributed by atoms with van der Waals surface area (Å²) in [6, 6.07) is 19.3. The molecule has 2 amide bonds. The van der Waals surface area contributed by atoms with Crippen LogP contribution in [-0.2, 0) is 9.59 Å². The number of methoxy groups -OCH3 is 1. The first kappa shape index (κ1) is 22.4. The van der Waals surface area contributed by atoms with Crippen LogP contribution in [0, 0.1) is 0 Å². The van der Waals surface area contributed by atoms with Crippen molar-refractivity contribution in [1.29, 1.82) is 0 Å². The molecule has 1 heterocycles. The van der Waals surface area contributed by atoms with Gasteiger partial charge in [0.25, 0.3) is 11.8 Å². The van der Waals surface area contributed by atoms with Gasteiger partial charge in [0.2, 0.25) is 0 Å². The van der Waals surface area contributed by atoms with Gasteiger partial charge in [-0.25, -0.2) is 9.69 Å². The van der Waals surface area contributed by atoms with E-state index in [2.05, 4.69) is 5.32 Å². The number of imide groups is 1. The summed E-state index contributed by atoms with van der Waals surface area (Å²) in [5, 5.41) is 2.93. The number of nitrogens with zero attached hydrogens (tertiary/aromatic N) is 1. The molecule has 4 rings (SSSR count). The molecule has 33 heavy (non-hydrogen) atoms. The molecule has 0 atom stereocenters. The smallest absolute Gasteiger partial charge is 0.343 e. The third-order valence-electron chi connectivity index (χ3n) is 4.77. The lowest BCUT2D eigenvalue weighted by molar-refractivity contribution is -0.120. The van der Waals surface area contributed by atoms with Crippen molar-refractivity contribution in [3.8, 4) is 11.5 Å². The molecule has 0 saturated heterocycles. The van der Waals surface area contributed by atoms with Crippen LogP contribution < -0.4 is 19.7 Å². The van der Waals surface area contributed by atoms with E-state index in [1.54, 1.807) is 60.7 Å². The molecule has 0 aliphatic carbocycles. The Morgan fingerprint density at radius 2 is 1.64 bits per heavy atom. The Morgan fingerprint density at radius 1 is 0.909 bits per heavy atom. The molecule has 0 unspecified atom stereocenters. The Morgan fingerprint density at radius 3 is 2.33 bits per heavy atom. The average Bonchev–Trinajstić information content (AvgIpc) is 3.04. The van der Waals surface area contributed by atoms with E-state index in [0.717, 1.165) is 4.90 Å². The molecule has 1 N–H and O–H groups in total. The average molecular weight is 483 g/mol. The Kier molecular flexibility index (Phi) is 6.35. The minimum atomic E-state index is -0.655. The van der Waals surface area contributed by atoms with Crippen molar-refractivity contribution in [3.63, 3.8) is 0 Å². The summed E-state index contributed by atoms with van der Waals surface area (Å²) >= 11 is 12.2. The summed E-state index contributed by atoms with van der Waals surface area (Å²) in [6.45, 7) is 0. The topological polar surface area (TPSA) is 84.9 Å². The molecule has 0 aromatic heterocycles. The molecule has 166 valence electrons. The van der Waals surface area contributed by atoms with Crippen molar-refractivity contribution in [3.05, 3.63) is 94.1 Å². The zero-order valence-corrected chi connectivity index (χ0v) is 18.7. The Labute approximate surface area is 199 Å². The lowest BCUT2D eigenvalue weighted by Crippen LogP contribution is -2.32. The standard InChI is InChI=1S/C24H16Cl2N2O5/c1-32-17-6-4-5-16(13-17)28-22(29)20(26)21(23(28)30)27-15-11-9-14(10-12-15)24(31)33-19-8-3-2-7-18(19)25/h2-13,27H,1H3. The van der Waals surface area contributed by atoms with Gasteiger partial charge in [-0.05, 0) is 48.5 Å². The number of carbonyl (C=O) groups excluding carboxylic acids is 3. The van der Waals surface area contributed by atoms with Crippen LogP contribution in [0.3, 0.4) is 0 Å². The number of rotatable bonds is 6. The molecule has 3 aromatic carbocycles. The van der Waals surface area contributed by atoms with Gasteiger partial charge in [-0.1, -0.05) is 41.4 Å². The summed E-state index contributed by atoms with van der Waals surface area (Å²) in [6.07, 6.45) is 0. The van der Waals surface area contributed by atoms with Crippen molar-refractivity contribution in [2.45, 2.75) is 0 Å². The molecule has 3 aromatic rings. The lowest BCUT2D eigenvalue weighted by Gasteiger charge is -2.16. The number of anilines is 2. The quantitative estimate of drug-likeness (QED) is 0.302. The highest BCUT2D eigenvalue weighted by atomic mass is 35.5. The summed E-state index contributed by atoms with van der Waals surface area (Å²) in [4.78, 5) is 38.9. The molecule has 1 aliphatic rings. The fraction of sp³-hybridized carbons (Fsp3) is 0.0417. The monoisotopic (exact) mass is 482 g/mol. The molecular weight excluding hydrogens is 467 g/mol. The molecular formula is C24H16Cl2N2O5. The van der Waals surface area contributed by atoms with E-state index in [-0.39, 0.29) is 22.0 Å². The van der Waals surface area contributed by atoms with Gasteiger partial charge in [-0.3, -0.25) is 9.59 Å². The highest BCUT2D eigenvalue weighted by Crippen LogP contribution is 2.32. The SMILES string of the molecule is COc1cccc(N2C(=O)C(Cl)=C(Nc3ccc(C(=O)Oc4ccccc4Cl)cc3)C2=O)c1. The van der Waals surface area contributed by atoms with Gasteiger partial charge in [0.05, 0.1) is 23.4 Å². The maximum Gasteiger partial charge on any atom is 0.343 e. The Bertz CT molecular complexity index is 1290. The van der Waals surface area contributed by atoms with Gasteiger partial charge in [0.15, 0.2) is 0 Å². The van der Waals surface area contributed by atoms with Crippen LogP contribution in [0.1, 0.15) is 10.4 Å². The first-order chi connectivity index (χ1) is 15.9. The number of benzene rings is 3. The summed E-state index contributed by atoms with van der Waals surface area (Å²) in [7, 11) is 1.48. The number of carbonyl (C=O) groups is 3. The summed E-state index contributed by atoms with van der Waals surface area (Å²) in [5.41, 5.74) is 0.978. The number of ether oxygens (including phenoxy) is 2. The zero-order valence-electron chi connectivity index (χ0n) is 17.2. The minimum Gasteiger partial charge on any atom is -0.497 e. The predicted octanol–water partition coefficient (Wildman–Crippen LogP) is 5.00. The number of para-hydroxylation sites is 1. The van der Waals surface area contributed by atoms with E-state index in [4.69, 9.17) is 32.7 Å². The van der Waals surface area contributed by atoms with Crippen LogP contribution >= 0.6 is 23.2 Å². The Hall–Kier alpha value is -3.81. The highest BCUT2D eigenvalue weighted by molar-refractivity contribution is 6.53. The van der Waals surface area contributed by atoms with Crippen molar-refractivity contribution >= 4 is 52.4 Å². The molecule has 0 saturated carbocycles. The third kappa shape index (κ3) is 4.55. The molecule has 0 spiro atoms. The van der Waals surface area contributed by atoms with E-state index in [1.807, 2.05) is 0 Å². The molecule has 9 heteroatoms. The fourth-order valence-corrected chi connectivity index (χ4v) is 3.50. The second-order valence-corrected chi connectivity index (χ2v) is 7.64. The maximum atomic E-state index is 12.9. The van der Waals surface area contributed by atoms with E-state index < -0.39 is 17.8 Å². The van der Waals surface area contributed by atoms with Crippen molar-refractivity contribution in [2.75, 3.05) is 17.3 Å². The Balaban J connectivity index is 1.49. The van der Waals surface area contributed by atoms with Crippen molar-refractivity contribution in [2.24, 2.45) is 0 Å². The van der Waals surface area contributed by atoms with Crippen LogP contribution in [0.4, 0.5) is 11.4 Å². The molecule has 0 fully saturated rings. The second kappa shape index (κ2) is 9.36. The van der Waals surface area contributed by atoms with Crippen LogP contribution in [0.15, 0.2) is 83.5 Å². The first-order valence-electron chi connectivity index (χ1n) is 9.65. The number of hydrogen-bond donors (Lipinski definition) is 1. The van der Waals surface area contributed by atoms with Crippen molar-refractivity contribution in [1.82, 2.24) is 0 Å². The summed E-state index contributed by atoms with van der Waals surface area (Å²) < 4.78 is 10.4. The van der Waals surface area contributed by atoms with Crippen LogP contribution in [0.5, 0.6) is 11.5 Å². The second-order valence-electron chi connectivity index (χ2n) is 6.86. The van der Waals surface area contributed by atoms with Gasteiger partial charge in [0, 0.05) is 11.8 Å². The summed E-state index contributed by atoms with van der Waals surface area (Å²) in [5.74, 6) is -1.12. The van der Waals surface area contributed by atoms with Gasteiger partial charge >= 0.3 is 5.97 Å². The molecule has 7 nitrogen and oxygen atoms in total. The van der Waals surface area contributed by atoms with Crippen molar-refractivity contribution < 1.29 is 23.9 Å². The van der Waals surface area contributed by atoms with E-state index in [0.29, 0.717) is 22.1 Å². The number of hydrogen-bond acceptors (Lipinski definition) is 6. The number of amides is 2. The van der Waals surface area contributed by atoms with E-state index in [1.165, 1.54) is 19.2 Å². The minimum absolute atomic E-state index is 0.0733. The van der Waals surface area contributed by atoms with E-state index >= 15 is 0 Å². The van der Waals surface area contributed by atoms with E-state index in [9.17, 15) is 14.4 Å². The maximum absolute atomic E-state index is 12.9. The molecule has 0 radical (unpaired) electrons. The number of nitrogens with one attached hydrogen (secondary N) is 1. The highest BCUT2D eigenvalue weighted by Gasteiger charge is 2.39. The van der Waals surface area contributed by atoms with Gasteiger partial charge in [-0.2, -0.15) is 0 Å². The van der Waals surface area contributed by atoms with Crippen LogP contribution in [0.25, 0.3) is 0 Å². The normalized spacial score (nSPS) is 13.4. The van der Waals surface area contributed by atoms with Crippen LogP contribution in [0.2, 0.25) is 5.02 Å². The van der Waals surface area contributed by atoms with Gasteiger partial charge < -0.3 is 14.8 Å². The first-order valence-corrected chi connectivity index (χ1v) is 10.4. The predicted molar refractivity (Wildman–Crippen MR) is 125 cm³/mol. The molecule has 1 aliphatic heterocycles. The van der Waals surface area contributed by atoms with Crippen LogP contribution in [-0.4, -0.2) is 24.9 Å². The van der Waals surface area contributed by atoms with Gasteiger partial charge in [-0.15, -0.1) is 0 Å². The largest absolute Gasteiger partial charge is 0.497 e.